The van der Waals surface area contributed by atoms with E-state index < -0.39 is 17.5 Å². The third kappa shape index (κ3) is 1.75. The zero-order chi connectivity index (χ0) is 9.14. The van der Waals surface area contributed by atoms with Crippen LogP contribution >= 0.6 is 11.8 Å². The van der Waals surface area contributed by atoms with Crippen molar-refractivity contribution in [1.29, 1.82) is 0 Å². The van der Waals surface area contributed by atoms with Gasteiger partial charge in [0.25, 0.3) is 0 Å². The van der Waals surface area contributed by atoms with Crippen LogP contribution in [0, 0.1) is 17.5 Å². The highest BCUT2D eigenvalue weighted by molar-refractivity contribution is 7.97. The Morgan fingerprint density at radius 3 is 2.42 bits per heavy atom. The van der Waals surface area contributed by atoms with E-state index in [4.69, 9.17) is 0 Å². The van der Waals surface area contributed by atoms with Gasteiger partial charge in [-0.1, -0.05) is 6.07 Å². The van der Waals surface area contributed by atoms with Crippen LogP contribution in [0.5, 0.6) is 0 Å². The van der Waals surface area contributed by atoms with Crippen molar-refractivity contribution < 1.29 is 13.2 Å². The molecule has 0 amide bonds. The van der Waals surface area contributed by atoms with Crippen LogP contribution in [0.2, 0.25) is 0 Å². The Hall–Kier alpha value is -0.640. The molecule has 0 fully saturated rings. The standard InChI is InChI=1S/C8H7F3S/c1-12-4-5-2-3-6(9)8(11)7(5)10/h2-3H,4H2,1H3. The Bertz CT molecular complexity index is 286. The molecule has 0 aliphatic heterocycles. The highest BCUT2D eigenvalue weighted by atomic mass is 32.2. The van der Waals surface area contributed by atoms with Crippen molar-refractivity contribution in [3.05, 3.63) is 35.1 Å². The fourth-order valence-electron chi connectivity index (χ4n) is 0.833. The Kier molecular flexibility index (Phi) is 3.03. The molecule has 0 saturated heterocycles. The quantitative estimate of drug-likeness (QED) is 0.649. The van der Waals surface area contributed by atoms with Crippen molar-refractivity contribution in [2.45, 2.75) is 5.75 Å². The highest BCUT2D eigenvalue weighted by Gasteiger charge is 2.11. The second kappa shape index (κ2) is 3.85. The lowest BCUT2D eigenvalue weighted by Gasteiger charge is -2.01. The Labute approximate surface area is 72.8 Å². The molecule has 1 aromatic carbocycles. The van der Waals surface area contributed by atoms with Gasteiger partial charge in [-0.3, -0.25) is 0 Å². The average Bonchev–Trinajstić information content (AvgIpc) is 2.07. The minimum Gasteiger partial charge on any atom is -0.204 e. The number of benzene rings is 1. The van der Waals surface area contributed by atoms with E-state index in [1.165, 1.54) is 17.8 Å². The molecule has 66 valence electrons. The lowest BCUT2D eigenvalue weighted by molar-refractivity contribution is 0.443. The summed E-state index contributed by atoms with van der Waals surface area (Å²) in [6.07, 6.45) is 1.76. The van der Waals surface area contributed by atoms with E-state index >= 15 is 0 Å². The third-order valence-corrected chi connectivity index (χ3v) is 2.01. The molecular formula is C8H7F3S. The van der Waals surface area contributed by atoms with E-state index in [2.05, 4.69) is 0 Å². The van der Waals surface area contributed by atoms with Crippen LogP contribution in [-0.4, -0.2) is 6.26 Å². The summed E-state index contributed by atoms with van der Waals surface area (Å²) >= 11 is 1.35. The molecule has 1 rings (SSSR count). The molecule has 0 unspecified atom stereocenters. The molecule has 1 aromatic rings. The van der Waals surface area contributed by atoms with E-state index in [0.717, 1.165) is 6.07 Å². The summed E-state index contributed by atoms with van der Waals surface area (Å²) in [5.74, 6) is -3.26. The maximum absolute atomic E-state index is 12.8. The molecule has 0 atom stereocenters. The Morgan fingerprint density at radius 1 is 1.17 bits per heavy atom. The fraction of sp³-hybridized carbons (Fsp3) is 0.250. The Balaban J connectivity index is 3.08. The van der Waals surface area contributed by atoms with Crippen molar-refractivity contribution in [3.63, 3.8) is 0 Å². The minimum absolute atomic E-state index is 0.196. The molecule has 0 N–H and O–H groups in total. The molecule has 0 heterocycles. The second-order valence-electron chi connectivity index (χ2n) is 2.27. The molecule has 0 spiro atoms. The number of thioether (sulfide) groups is 1. The van der Waals surface area contributed by atoms with Crippen LogP contribution in [0.4, 0.5) is 13.2 Å². The van der Waals surface area contributed by atoms with E-state index in [1.807, 2.05) is 0 Å². The van der Waals surface area contributed by atoms with E-state index in [-0.39, 0.29) is 5.56 Å². The summed E-state index contributed by atoms with van der Waals surface area (Å²) in [7, 11) is 0. The SMILES string of the molecule is CSCc1ccc(F)c(F)c1F. The first-order chi connectivity index (χ1) is 5.66. The molecule has 0 bridgehead atoms. The molecule has 0 aromatic heterocycles. The average molecular weight is 192 g/mol. The van der Waals surface area contributed by atoms with Gasteiger partial charge < -0.3 is 0 Å². The highest BCUT2D eigenvalue weighted by Crippen LogP contribution is 2.18. The Morgan fingerprint density at radius 2 is 1.83 bits per heavy atom. The van der Waals surface area contributed by atoms with Gasteiger partial charge in [-0.05, 0) is 12.3 Å². The minimum atomic E-state index is -1.39. The normalized spacial score (nSPS) is 10.3. The van der Waals surface area contributed by atoms with Crippen LogP contribution in [0.3, 0.4) is 0 Å². The fourth-order valence-corrected chi connectivity index (χ4v) is 1.37. The van der Waals surface area contributed by atoms with Gasteiger partial charge in [0.05, 0.1) is 0 Å². The zero-order valence-electron chi connectivity index (χ0n) is 6.40. The van der Waals surface area contributed by atoms with Gasteiger partial charge in [0.1, 0.15) is 0 Å². The lowest BCUT2D eigenvalue weighted by Crippen LogP contribution is -1.95. The van der Waals surface area contributed by atoms with Gasteiger partial charge in [0, 0.05) is 11.3 Å². The molecule has 0 aliphatic rings. The van der Waals surface area contributed by atoms with E-state index in [9.17, 15) is 13.2 Å². The monoisotopic (exact) mass is 192 g/mol. The van der Waals surface area contributed by atoms with Gasteiger partial charge in [-0.25, -0.2) is 13.2 Å². The van der Waals surface area contributed by atoms with Crippen molar-refractivity contribution in [2.24, 2.45) is 0 Å². The predicted molar refractivity (Wildman–Crippen MR) is 43.5 cm³/mol. The molecule has 0 saturated carbocycles. The number of hydrogen-bond donors (Lipinski definition) is 0. The maximum atomic E-state index is 12.8. The molecule has 4 heteroatoms. The number of hydrogen-bond acceptors (Lipinski definition) is 1. The topological polar surface area (TPSA) is 0 Å². The van der Waals surface area contributed by atoms with Crippen LogP contribution < -0.4 is 0 Å². The van der Waals surface area contributed by atoms with Crippen LogP contribution in [0.25, 0.3) is 0 Å². The summed E-state index contributed by atoms with van der Waals surface area (Å²) in [6, 6.07) is 2.19. The number of halogens is 3. The molecule has 0 aliphatic carbocycles. The lowest BCUT2D eigenvalue weighted by atomic mass is 10.2. The van der Waals surface area contributed by atoms with Crippen molar-refractivity contribution in [2.75, 3.05) is 6.26 Å². The third-order valence-electron chi connectivity index (χ3n) is 1.42. The van der Waals surface area contributed by atoms with Crippen molar-refractivity contribution in [1.82, 2.24) is 0 Å². The van der Waals surface area contributed by atoms with Gasteiger partial charge in [-0.15, -0.1) is 0 Å². The predicted octanol–water partition coefficient (Wildman–Crippen LogP) is 2.97. The molecule has 0 nitrogen and oxygen atoms in total. The maximum Gasteiger partial charge on any atom is 0.194 e. The first kappa shape index (κ1) is 9.45. The second-order valence-corrected chi connectivity index (χ2v) is 3.13. The summed E-state index contributed by atoms with van der Waals surface area (Å²) in [5, 5.41) is 0. The van der Waals surface area contributed by atoms with Gasteiger partial charge in [0.15, 0.2) is 17.5 Å². The van der Waals surface area contributed by atoms with Crippen molar-refractivity contribution in [3.8, 4) is 0 Å². The van der Waals surface area contributed by atoms with E-state index in [0.29, 0.717) is 5.75 Å². The van der Waals surface area contributed by atoms with Gasteiger partial charge in [0.2, 0.25) is 0 Å². The van der Waals surface area contributed by atoms with Gasteiger partial charge in [-0.2, -0.15) is 11.8 Å². The van der Waals surface area contributed by atoms with Crippen LogP contribution in [-0.2, 0) is 5.75 Å². The van der Waals surface area contributed by atoms with Crippen LogP contribution in [0.15, 0.2) is 12.1 Å². The summed E-state index contributed by atoms with van der Waals surface area (Å²) < 4.78 is 37.8. The molecule has 0 radical (unpaired) electrons. The smallest absolute Gasteiger partial charge is 0.194 e. The summed E-state index contributed by atoms with van der Waals surface area (Å²) in [4.78, 5) is 0. The zero-order valence-corrected chi connectivity index (χ0v) is 7.22. The van der Waals surface area contributed by atoms with Crippen molar-refractivity contribution >= 4 is 11.8 Å². The van der Waals surface area contributed by atoms with Crippen LogP contribution in [0.1, 0.15) is 5.56 Å². The number of rotatable bonds is 2. The molecular weight excluding hydrogens is 185 g/mol. The first-order valence-corrected chi connectivity index (χ1v) is 4.67. The molecule has 12 heavy (non-hydrogen) atoms. The summed E-state index contributed by atoms with van der Waals surface area (Å²) in [5.41, 5.74) is 0.196. The largest absolute Gasteiger partial charge is 0.204 e. The van der Waals surface area contributed by atoms with Gasteiger partial charge >= 0.3 is 0 Å². The first-order valence-electron chi connectivity index (χ1n) is 3.28. The van der Waals surface area contributed by atoms with E-state index in [1.54, 1.807) is 6.26 Å². The summed E-state index contributed by atoms with van der Waals surface area (Å²) in [6.45, 7) is 0.